The minimum atomic E-state index is -4.50. The second kappa shape index (κ2) is 4.79. The van der Waals surface area contributed by atoms with Gasteiger partial charge in [-0.25, -0.2) is 0 Å². The molecule has 0 radical (unpaired) electrons. The number of amides is 1. The maximum Gasteiger partial charge on any atom is 0.417 e. The van der Waals surface area contributed by atoms with Gasteiger partial charge in [0.25, 0.3) is 5.91 Å². The standard InChI is InChI=1S/C15H16F3NO/c16-15(17,18)12-4-2-1-3-11(12)14(20)19-13(9-5-6-9)10-7-8-10/h1-4,9-10,13H,5-8H2,(H,19,20). The van der Waals surface area contributed by atoms with Crippen molar-refractivity contribution in [1.29, 1.82) is 0 Å². The van der Waals surface area contributed by atoms with E-state index in [2.05, 4.69) is 5.32 Å². The van der Waals surface area contributed by atoms with Gasteiger partial charge in [0.15, 0.2) is 0 Å². The first-order chi connectivity index (χ1) is 9.47. The molecular formula is C15H16F3NO. The summed E-state index contributed by atoms with van der Waals surface area (Å²) in [5.74, 6) is 0.329. The first kappa shape index (κ1) is 13.5. The van der Waals surface area contributed by atoms with Crippen molar-refractivity contribution in [3.63, 3.8) is 0 Å². The van der Waals surface area contributed by atoms with Crippen molar-refractivity contribution in [2.24, 2.45) is 11.8 Å². The fourth-order valence-corrected chi connectivity index (χ4v) is 2.69. The van der Waals surface area contributed by atoms with Gasteiger partial charge in [-0.1, -0.05) is 12.1 Å². The molecule has 3 rings (SSSR count). The van der Waals surface area contributed by atoms with Gasteiger partial charge in [0.05, 0.1) is 11.1 Å². The summed E-state index contributed by atoms with van der Waals surface area (Å²) >= 11 is 0. The third-order valence-corrected chi connectivity index (χ3v) is 4.03. The van der Waals surface area contributed by atoms with Crippen LogP contribution in [0.2, 0.25) is 0 Å². The number of carbonyl (C=O) groups is 1. The number of carbonyl (C=O) groups excluding carboxylic acids is 1. The van der Waals surface area contributed by atoms with Crippen molar-refractivity contribution in [3.05, 3.63) is 35.4 Å². The van der Waals surface area contributed by atoms with Gasteiger partial charge in [0, 0.05) is 6.04 Å². The Morgan fingerprint density at radius 3 is 2.15 bits per heavy atom. The topological polar surface area (TPSA) is 29.1 Å². The van der Waals surface area contributed by atoms with Crippen molar-refractivity contribution in [2.45, 2.75) is 37.9 Å². The summed E-state index contributed by atoms with van der Waals surface area (Å²) in [5.41, 5.74) is -1.13. The molecule has 5 heteroatoms. The summed E-state index contributed by atoms with van der Waals surface area (Å²) in [6.07, 6.45) is -0.210. The van der Waals surface area contributed by atoms with Gasteiger partial charge in [0.1, 0.15) is 0 Å². The fourth-order valence-electron chi connectivity index (χ4n) is 2.69. The number of alkyl halides is 3. The molecule has 0 aliphatic heterocycles. The maximum atomic E-state index is 12.9. The van der Waals surface area contributed by atoms with E-state index in [1.165, 1.54) is 18.2 Å². The second-order valence-electron chi connectivity index (χ2n) is 5.72. The maximum absolute atomic E-state index is 12.9. The van der Waals surface area contributed by atoms with E-state index >= 15 is 0 Å². The van der Waals surface area contributed by atoms with Crippen molar-refractivity contribution >= 4 is 5.91 Å². The van der Waals surface area contributed by atoms with E-state index in [1.807, 2.05) is 0 Å². The molecule has 2 aliphatic rings. The predicted molar refractivity (Wildman–Crippen MR) is 68.1 cm³/mol. The Balaban J connectivity index is 1.79. The monoisotopic (exact) mass is 283 g/mol. The van der Waals surface area contributed by atoms with Crippen LogP contribution in [0.15, 0.2) is 24.3 Å². The lowest BCUT2D eigenvalue weighted by Gasteiger charge is -2.19. The molecule has 1 aromatic rings. The first-order valence-corrected chi connectivity index (χ1v) is 6.94. The smallest absolute Gasteiger partial charge is 0.349 e. The van der Waals surface area contributed by atoms with Gasteiger partial charge in [-0.2, -0.15) is 13.2 Å². The SMILES string of the molecule is O=C(NC(C1CC1)C1CC1)c1ccccc1C(F)(F)F. The summed E-state index contributed by atoms with van der Waals surface area (Å²) in [6, 6.07) is 5.03. The number of rotatable bonds is 4. The Hall–Kier alpha value is -1.52. The Kier molecular flexibility index (Phi) is 3.22. The average molecular weight is 283 g/mol. The molecule has 0 saturated heterocycles. The van der Waals surface area contributed by atoms with E-state index in [1.54, 1.807) is 0 Å². The Labute approximate surface area is 115 Å². The van der Waals surface area contributed by atoms with Gasteiger partial charge >= 0.3 is 6.18 Å². The van der Waals surface area contributed by atoms with Crippen LogP contribution in [0.3, 0.4) is 0 Å². The normalized spacial score (nSPS) is 19.2. The van der Waals surface area contributed by atoms with Crippen molar-refractivity contribution in [3.8, 4) is 0 Å². The predicted octanol–water partition coefficient (Wildman–Crippen LogP) is 3.62. The molecule has 2 fully saturated rings. The van der Waals surface area contributed by atoms with E-state index in [0.29, 0.717) is 11.8 Å². The fraction of sp³-hybridized carbons (Fsp3) is 0.533. The minimum Gasteiger partial charge on any atom is -0.349 e. The molecule has 2 nitrogen and oxygen atoms in total. The third-order valence-electron chi connectivity index (χ3n) is 4.03. The third kappa shape index (κ3) is 2.81. The quantitative estimate of drug-likeness (QED) is 0.898. The molecule has 1 aromatic carbocycles. The number of hydrogen-bond donors (Lipinski definition) is 1. The average Bonchev–Trinajstić information content (AvgIpc) is 3.28. The lowest BCUT2D eigenvalue weighted by Crippen LogP contribution is -2.38. The molecule has 1 N–H and O–H groups in total. The summed E-state index contributed by atoms with van der Waals surface area (Å²) in [6.45, 7) is 0. The molecule has 0 bridgehead atoms. The lowest BCUT2D eigenvalue weighted by atomic mass is 10.0. The van der Waals surface area contributed by atoms with E-state index in [4.69, 9.17) is 0 Å². The molecule has 0 aromatic heterocycles. The zero-order valence-electron chi connectivity index (χ0n) is 10.9. The summed E-state index contributed by atoms with van der Waals surface area (Å²) in [7, 11) is 0. The lowest BCUT2D eigenvalue weighted by molar-refractivity contribution is -0.137. The van der Waals surface area contributed by atoms with Crippen molar-refractivity contribution in [1.82, 2.24) is 5.32 Å². The zero-order valence-corrected chi connectivity index (χ0v) is 10.9. The number of nitrogens with one attached hydrogen (secondary N) is 1. The van der Waals surface area contributed by atoms with Crippen molar-refractivity contribution in [2.75, 3.05) is 0 Å². The molecule has 1 amide bonds. The molecule has 2 aliphatic carbocycles. The summed E-state index contributed by atoms with van der Waals surface area (Å²) < 4.78 is 38.7. The molecule has 0 heterocycles. The van der Waals surface area contributed by atoms with Gasteiger partial charge in [-0.3, -0.25) is 4.79 Å². The van der Waals surface area contributed by atoms with Crippen LogP contribution in [0, 0.1) is 11.8 Å². The molecule has 0 atom stereocenters. The molecule has 108 valence electrons. The molecule has 2 saturated carbocycles. The van der Waals surface area contributed by atoms with E-state index in [0.717, 1.165) is 31.7 Å². The molecular weight excluding hydrogens is 267 g/mol. The zero-order chi connectivity index (χ0) is 14.3. The highest BCUT2D eigenvalue weighted by atomic mass is 19.4. The minimum absolute atomic E-state index is 0.0591. The van der Waals surface area contributed by atoms with Crippen LogP contribution < -0.4 is 5.32 Å². The van der Waals surface area contributed by atoms with Crippen molar-refractivity contribution < 1.29 is 18.0 Å². The van der Waals surface area contributed by atoms with Crippen LogP contribution in [0.25, 0.3) is 0 Å². The molecule has 0 spiro atoms. The van der Waals surface area contributed by atoms with Crippen LogP contribution in [-0.2, 0) is 6.18 Å². The highest BCUT2D eigenvalue weighted by Crippen LogP contribution is 2.44. The van der Waals surface area contributed by atoms with Crippen LogP contribution in [-0.4, -0.2) is 11.9 Å². The number of benzene rings is 1. The van der Waals surface area contributed by atoms with E-state index in [-0.39, 0.29) is 11.6 Å². The highest BCUT2D eigenvalue weighted by Gasteiger charge is 2.43. The van der Waals surface area contributed by atoms with Crippen LogP contribution in [0.1, 0.15) is 41.6 Å². The Morgan fingerprint density at radius 2 is 1.65 bits per heavy atom. The largest absolute Gasteiger partial charge is 0.417 e. The highest BCUT2D eigenvalue weighted by molar-refractivity contribution is 5.96. The van der Waals surface area contributed by atoms with E-state index in [9.17, 15) is 18.0 Å². The van der Waals surface area contributed by atoms with Gasteiger partial charge in [-0.15, -0.1) is 0 Å². The Morgan fingerprint density at radius 1 is 1.10 bits per heavy atom. The summed E-state index contributed by atoms with van der Waals surface area (Å²) in [4.78, 5) is 12.2. The van der Waals surface area contributed by atoms with Gasteiger partial charge in [0.2, 0.25) is 0 Å². The molecule has 0 unspecified atom stereocenters. The first-order valence-electron chi connectivity index (χ1n) is 6.94. The molecule has 20 heavy (non-hydrogen) atoms. The number of halogens is 3. The van der Waals surface area contributed by atoms with Crippen LogP contribution in [0.5, 0.6) is 0 Å². The number of hydrogen-bond acceptors (Lipinski definition) is 1. The van der Waals surface area contributed by atoms with E-state index < -0.39 is 17.6 Å². The second-order valence-corrected chi connectivity index (χ2v) is 5.72. The van der Waals surface area contributed by atoms with Crippen LogP contribution in [0.4, 0.5) is 13.2 Å². The van der Waals surface area contributed by atoms with Gasteiger partial charge in [-0.05, 0) is 49.7 Å². The summed E-state index contributed by atoms with van der Waals surface area (Å²) in [5, 5.41) is 2.83. The van der Waals surface area contributed by atoms with Crippen LogP contribution >= 0.6 is 0 Å². The Bertz CT molecular complexity index is 506. The van der Waals surface area contributed by atoms with Gasteiger partial charge < -0.3 is 5.32 Å².